The van der Waals surface area contributed by atoms with Gasteiger partial charge in [0.25, 0.3) is 5.91 Å². The van der Waals surface area contributed by atoms with Crippen LogP contribution in [0.2, 0.25) is 0 Å². The molecule has 0 fully saturated rings. The van der Waals surface area contributed by atoms with Crippen LogP contribution >= 0.6 is 0 Å². The summed E-state index contributed by atoms with van der Waals surface area (Å²) >= 11 is 0. The Balaban J connectivity index is 2.60. The highest BCUT2D eigenvalue weighted by atomic mass is 19.1. The first kappa shape index (κ1) is 8.04. The molecule has 1 heterocycles. The van der Waals surface area contributed by atoms with Crippen molar-refractivity contribution in [3.63, 3.8) is 0 Å². The van der Waals surface area contributed by atoms with Gasteiger partial charge in [-0.05, 0) is 6.07 Å². The number of nitrogens with one attached hydrogen (secondary N) is 1. The number of carbonyl (C=O) groups is 1. The summed E-state index contributed by atoms with van der Waals surface area (Å²) < 4.78 is 18.1. The topological polar surface area (TPSA) is 38.3 Å². The lowest BCUT2D eigenvalue weighted by Gasteiger charge is -2.02. The number of amides is 1. The SMILES string of the molecule is COc1cc(F)c2c(c1)C(=O)NC2. The van der Waals surface area contributed by atoms with Gasteiger partial charge in [0.2, 0.25) is 0 Å². The van der Waals surface area contributed by atoms with Crippen molar-refractivity contribution in [1.82, 2.24) is 5.32 Å². The Labute approximate surface area is 74.5 Å². The van der Waals surface area contributed by atoms with Crippen LogP contribution in [0.4, 0.5) is 4.39 Å². The molecule has 0 saturated heterocycles. The van der Waals surface area contributed by atoms with Gasteiger partial charge in [-0.25, -0.2) is 4.39 Å². The van der Waals surface area contributed by atoms with Crippen molar-refractivity contribution in [2.24, 2.45) is 0 Å². The largest absolute Gasteiger partial charge is 0.497 e. The number of methoxy groups -OCH3 is 1. The van der Waals surface area contributed by atoms with E-state index >= 15 is 0 Å². The Morgan fingerprint density at radius 2 is 2.31 bits per heavy atom. The second kappa shape index (κ2) is 2.73. The van der Waals surface area contributed by atoms with Crippen molar-refractivity contribution < 1.29 is 13.9 Å². The van der Waals surface area contributed by atoms with Gasteiger partial charge < -0.3 is 10.1 Å². The van der Waals surface area contributed by atoms with Crippen molar-refractivity contribution >= 4 is 5.91 Å². The van der Waals surface area contributed by atoms with Gasteiger partial charge in [-0.3, -0.25) is 4.79 Å². The van der Waals surface area contributed by atoms with Gasteiger partial charge in [0, 0.05) is 18.2 Å². The Kier molecular flexibility index (Phi) is 1.69. The van der Waals surface area contributed by atoms with Crippen LogP contribution in [-0.2, 0) is 6.54 Å². The third-order valence-electron chi connectivity index (χ3n) is 2.08. The zero-order chi connectivity index (χ0) is 9.42. The van der Waals surface area contributed by atoms with Gasteiger partial charge >= 0.3 is 0 Å². The molecule has 1 aliphatic rings. The molecule has 4 heteroatoms. The third kappa shape index (κ3) is 1.14. The zero-order valence-electron chi connectivity index (χ0n) is 7.06. The molecule has 0 unspecified atom stereocenters. The molecule has 0 aromatic heterocycles. The number of halogens is 1. The summed E-state index contributed by atoms with van der Waals surface area (Å²) in [5, 5.41) is 2.54. The number of rotatable bonds is 1. The minimum Gasteiger partial charge on any atom is -0.497 e. The zero-order valence-corrected chi connectivity index (χ0v) is 7.06. The second-order valence-electron chi connectivity index (χ2n) is 2.82. The Morgan fingerprint density at radius 3 is 3.00 bits per heavy atom. The predicted molar refractivity (Wildman–Crippen MR) is 44.1 cm³/mol. The van der Waals surface area contributed by atoms with Crippen LogP contribution in [0, 0.1) is 5.82 Å². The number of benzene rings is 1. The van der Waals surface area contributed by atoms with E-state index in [-0.39, 0.29) is 12.5 Å². The summed E-state index contributed by atoms with van der Waals surface area (Å²) in [6.07, 6.45) is 0. The Morgan fingerprint density at radius 1 is 1.54 bits per heavy atom. The van der Waals surface area contributed by atoms with E-state index in [1.54, 1.807) is 6.07 Å². The number of ether oxygens (including phenoxy) is 1. The van der Waals surface area contributed by atoms with E-state index in [1.165, 1.54) is 13.2 Å². The van der Waals surface area contributed by atoms with Gasteiger partial charge in [0.05, 0.1) is 12.7 Å². The first-order chi connectivity index (χ1) is 6.22. The molecule has 1 aliphatic heterocycles. The molecular weight excluding hydrogens is 173 g/mol. The van der Waals surface area contributed by atoms with Gasteiger partial charge in [-0.15, -0.1) is 0 Å². The molecule has 0 atom stereocenters. The smallest absolute Gasteiger partial charge is 0.252 e. The number of carbonyl (C=O) groups excluding carboxylic acids is 1. The van der Waals surface area contributed by atoms with E-state index in [0.717, 1.165) is 0 Å². The fraction of sp³-hybridized carbons (Fsp3) is 0.222. The normalized spacial score (nSPS) is 13.8. The average molecular weight is 181 g/mol. The van der Waals surface area contributed by atoms with Gasteiger partial charge in [-0.1, -0.05) is 0 Å². The van der Waals surface area contributed by atoms with E-state index in [1.807, 2.05) is 0 Å². The van der Waals surface area contributed by atoms with Crippen LogP contribution < -0.4 is 10.1 Å². The van der Waals surface area contributed by atoms with Crippen molar-refractivity contribution in [1.29, 1.82) is 0 Å². The van der Waals surface area contributed by atoms with Gasteiger partial charge in [0.1, 0.15) is 11.6 Å². The molecule has 1 aromatic carbocycles. The van der Waals surface area contributed by atoms with Crippen molar-refractivity contribution in [3.8, 4) is 5.75 Å². The minimum atomic E-state index is -0.396. The highest BCUT2D eigenvalue weighted by Gasteiger charge is 2.23. The molecule has 68 valence electrons. The molecule has 0 bridgehead atoms. The van der Waals surface area contributed by atoms with Crippen LogP contribution in [0.5, 0.6) is 5.75 Å². The summed E-state index contributed by atoms with van der Waals surface area (Å²) in [6.45, 7) is 0.268. The van der Waals surface area contributed by atoms with Gasteiger partial charge in [0.15, 0.2) is 0 Å². The molecule has 1 N–H and O–H groups in total. The fourth-order valence-electron chi connectivity index (χ4n) is 1.38. The van der Waals surface area contributed by atoms with Crippen LogP contribution in [-0.4, -0.2) is 13.0 Å². The maximum atomic E-state index is 13.2. The quantitative estimate of drug-likeness (QED) is 0.704. The first-order valence-electron chi connectivity index (χ1n) is 3.87. The summed E-state index contributed by atoms with van der Waals surface area (Å²) in [4.78, 5) is 11.2. The monoisotopic (exact) mass is 181 g/mol. The van der Waals surface area contributed by atoms with Crippen molar-refractivity contribution in [2.75, 3.05) is 7.11 Å². The molecule has 1 aromatic rings. The summed E-state index contributed by atoms with van der Waals surface area (Å²) in [7, 11) is 1.44. The lowest BCUT2D eigenvalue weighted by Crippen LogP contribution is -2.12. The lowest BCUT2D eigenvalue weighted by molar-refractivity contribution is 0.0965. The van der Waals surface area contributed by atoms with Crippen molar-refractivity contribution in [3.05, 3.63) is 29.1 Å². The molecule has 13 heavy (non-hydrogen) atoms. The van der Waals surface area contributed by atoms with Crippen molar-refractivity contribution in [2.45, 2.75) is 6.54 Å². The van der Waals surface area contributed by atoms with E-state index in [2.05, 4.69) is 5.32 Å². The second-order valence-corrected chi connectivity index (χ2v) is 2.82. The maximum Gasteiger partial charge on any atom is 0.252 e. The van der Waals surface area contributed by atoms with Gasteiger partial charge in [-0.2, -0.15) is 0 Å². The highest BCUT2D eigenvalue weighted by molar-refractivity contribution is 5.98. The van der Waals surface area contributed by atoms with E-state index in [4.69, 9.17) is 4.74 Å². The molecule has 2 rings (SSSR count). The average Bonchev–Trinajstić information content (AvgIpc) is 2.48. The summed E-state index contributed by atoms with van der Waals surface area (Å²) in [6, 6.07) is 2.82. The molecule has 1 amide bonds. The molecular formula is C9H8FNO2. The number of fused-ring (bicyclic) bond motifs is 1. The Bertz CT molecular complexity index is 376. The highest BCUT2D eigenvalue weighted by Crippen LogP contribution is 2.24. The van der Waals surface area contributed by atoms with E-state index in [9.17, 15) is 9.18 Å². The predicted octanol–water partition coefficient (Wildman–Crippen LogP) is 1.08. The minimum absolute atomic E-state index is 0.243. The maximum absolute atomic E-state index is 13.2. The van der Waals surface area contributed by atoms with Crippen LogP contribution in [0.25, 0.3) is 0 Å². The number of hydrogen-bond acceptors (Lipinski definition) is 2. The van der Waals surface area contributed by atoms with Crippen LogP contribution in [0.3, 0.4) is 0 Å². The molecule has 3 nitrogen and oxygen atoms in total. The molecule has 0 saturated carbocycles. The lowest BCUT2D eigenvalue weighted by atomic mass is 10.1. The Hall–Kier alpha value is -1.58. The third-order valence-corrected chi connectivity index (χ3v) is 2.08. The molecule has 0 spiro atoms. The molecule has 0 radical (unpaired) electrons. The summed E-state index contributed by atoms with van der Waals surface area (Å²) in [5.41, 5.74) is 0.794. The van der Waals surface area contributed by atoms with E-state index < -0.39 is 5.82 Å². The van der Waals surface area contributed by atoms with E-state index in [0.29, 0.717) is 16.9 Å². The van der Waals surface area contributed by atoms with Crippen LogP contribution in [0.1, 0.15) is 15.9 Å². The number of hydrogen-bond donors (Lipinski definition) is 1. The van der Waals surface area contributed by atoms with Crippen LogP contribution in [0.15, 0.2) is 12.1 Å². The summed E-state index contributed by atoms with van der Waals surface area (Å²) in [5.74, 6) is -0.270. The fourth-order valence-corrected chi connectivity index (χ4v) is 1.38. The first-order valence-corrected chi connectivity index (χ1v) is 3.87. The molecule has 0 aliphatic carbocycles. The standard InChI is InChI=1S/C9H8FNO2/c1-13-5-2-6-7(8(10)3-5)4-11-9(6)12/h2-3H,4H2,1H3,(H,11,12).